The number of urea groups is 1. The van der Waals surface area contributed by atoms with Crippen LogP contribution in [0, 0.1) is 0 Å². The highest BCUT2D eigenvalue weighted by Gasteiger charge is 2.31. The summed E-state index contributed by atoms with van der Waals surface area (Å²) in [6.07, 6.45) is 0.829. The van der Waals surface area contributed by atoms with Crippen LogP contribution in [0.25, 0.3) is 0 Å². The van der Waals surface area contributed by atoms with Crippen LogP contribution in [0.2, 0.25) is 5.02 Å². The Labute approximate surface area is 139 Å². The number of rotatable bonds is 4. The second kappa shape index (κ2) is 6.54. The lowest BCUT2D eigenvalue weighted by Crippen LogP contribution is -2.47. The van der Waals surface area contributed by atoms with Gasteiger partial charge in [0.05, 0.1) is 12.8 Å². The van der Waals surface area contributed by atoms with Crippen molar-refractivity contribution in [2.75, 3.05) is 31.6 Å². The first-order valence-corrected chi connectivity index (χ1v) is 7.88. The van der Waals surface area contributed by atoms with Gasteiger partial charge in [-0.2, -0.15) is 0 Å². The van der Waals surface area contributed by atoms with E-state index in [0.29, 0.717) is 18.1 Å². The predicted molar refractivity (Wildman–Crippen MR) is 87.1 cm³/mol. The van der Waals surface area contributed by atoms with Crippen molar-refractivity contribution in [3.63, 3.8) is 0 Å². The van der Waals surface area contributed by atoms with Gasteiger partial charge in [0.25, 0.3) is 0 Å². The Hall–Kier alpha value is -2.15. The van der Waals surface area contributed by atoms with Crippen LogP contribution in [-0.2, 0) is 4.79 Å². The molecule has 1 aromatic carbocycles. The zero-order valence-corrected chi connectivity index (χ0v) is 13.5. The smallest absolute Gasteiger partial charge is 0.315 e. The molecule has 0 spiro atoms. The van der Waals surface area contributed by atoms with Crippen LogP contribution in [0.3, 0.4) is 0 Å². The van der Waals surface area contributed by atoms with Crippen molar-refractivity contribution in [1.82, 2.24) is 16.0 Å². The van der Waals surface area contributed by atoms with E-state index in [-0.39, 0.29) is 18.0 Å². The van der Waals surface area contributed by atoms with Crippen LogP contribution in [0.4, 0.5) is 10.5 Å². The molecule has 0 aliphatic carbocycles. The summed E-state index contributed by atoms with van der Waals surface area (Å²) >= 11 is 6.07. The van der Waals surface area contributed by atoms with E-state index < -0.39 is 6.04 Å². The minimum atomic E-state index is -0.503. The summed E-state index contributed by atoms with van der Waals surface area (Å²) in [4.78, 5) is 25.4. The van der Waals surface area contributed by atoms with Crippen molar-refractivity contribution >= 4 is 29.2 Å². The van der Waals surface area contributed by atoms with E-state index in [9.17, 15) is 9.59 Å². The maximum Gasteiger partial charge on any atom is 0.315 e. The third kappa shape index (κ3) is 3.44. The normalized spacial score (nSPS) is 23.4. The minimum Gasteiger partial charge on any atom is -0.495 e. The van der Waals surface area contributed by atoms with Crippen LogP contribution < -0.4 is 25.6 Å². The first-order chi connectivity index (χ1) is 11.1. The number of carbonyl (C=O) groups is 2. The molecule has 0 bridgehead atoms. The van der Waals surface area contributed by atoms with Gasteiger partial charge in [-0.3, -0.25) is 4.79 Å². The van der Waals surface area contributed by atoms with Crippen LogP contribution in [0.5, 0.6) is 5.75 Å². The minimum absolute atomic E-state index is 0.0312. The zero-order chi connectivity index (χ0) is 16.4. The number of hydrogen-bond acceptors (Lipinski definition) is 4. The highest BCUT2D eigenvalue weighted by molar-refractivity contribution is 6.30. The number of hydrogen-bond donors (Lipinski definition) is 3. The Bertz CT molecular complexity index is 625. The molecule has 2 aliphatic rings. The number of nitrogens with one attached hydrogen (secondary N) is 3. The monoisotopic (exact) mass is 338 g/mol. The quantitative estimate of drug-likeness (QED) is 0.755. The number of anilines is 1. The molecule has 0 saturated carbocycles. The Kier molecular flexibility index (Phi) is 4.47. The van der Waals surface area contributed by atoms with Gasteiger partial charge in [-0.25, -0.2) is 4.79 Å². The Morgan fingerprint density at radius 1 is 1.48 bits per heavy atom. The summed E-state index contributed by atoms with van der Waals surface area (Å²) in [6.45, 7) is 1.80. The first kappa shape index (κ1) is 15.7. The summed E-state index contributed by atoms with van der Waals surface area (Å²) in [5, 5.41) is 8.79. The maximum absolute atomic E-state index is 12.1. The van der Waals surface area contributed by atoms with Gasteiger partial charge in [-0.1, -0.05) is 11.6 Å². The Morgan fingerprint density at radius 3 is 3.00 bits per heavy atom. The maximum atomic E-state index is 12.1. The largest absolute Gasteiger partial charge is 0.495 e. The molecule has 3 amide bonds. The van der Waals surface area contributed by atoms with E-state index in [1.165, 1.54) is 0 Å². The molecule has 2 fully saturated rings. The fourth-order valence-corrected chi connectivity index (χ4v) is 3.09. The number of benzene rings is 1. The fraction of sp³-hybridized carbons (Fsp3) is 0.467. The van der Waals surface area contributed by atoms with Crippen molar-refractivity contribution in [3.05, 3.63) is 23.2 Å². The van der Waals surface area contributed by atoms with Crippen LogP contribution >= 0.6 is 11.6 Å². The third-order valence-corrected chi connectivity index (χ3v) is 4.34. The molecule has 2 aliphatic heterocycles. The Morgan fingerprint density at radius 2 is 2.30 bits per heavy atom. The molecule has 3 rings (SSSR count). The molecule has 1 aromatic rings. The van der Waals surface area contributed by atoms with E-state index in [0.717, 1.165) is 24.4 Å². The average molecular weight is 339 g/mol. The van der Waals surface area contributed by atoms with Gasteiger partial charge < -0.3 is 25.6 Å². The van der Waals surface area contributed by atoms with Gasteiger partial charge in [0.1, 0.15) is 11.8 Å². The van der Waals surface area contributed by atoms with Crippen LogP contribution in [0.15, 0.2) is 18.2 Å². The van der Waals surface area contributed by atoms with Gasteiger partial charge in [-0.05, 0) is 24.6 Å². The molecular weight excluding hydrogens is 320 g/mol. The van der Waals surface area contributed by atoms with Gasteiger partial charge in [0.15, 0.2) is 0 Å². The lowest BCUT2D eigenvalue weighted by Gasteiger charge is -2.22. The van der Waals surface area contributed by atoms with Crippen molar-refractivity contribution < 1.29 is 14.3 Å². The summed E-state index contributed by atoms with van der Waals surface area (Å²) in [6, 6.07) is 4.71. The molecule has 0 radical (unpaired) electrons. The zero-order valence-electron chi connectivity index (χ0n) is 12.8. The topological polar surface area (TPSA) is 82.7 Å². The lowest BCUT2D eigenvalue weighted by atomic mass is 10.2. The van der Waals surface area contributed by atoms with E-state index in [1.54, 1.807) is 13.2 Å². The summed E-state index contributed by atoms with van der Waals surface area (Å²) < 4.78 is 5.38. The predicted octanol–water partition coefficient (Wildman–Crippen LogP) is 0.725. The molecule has 23 heavy (non-hydrogen) atoms. The van der Waals surface area contributed by atoms with Gasteiger partial charge >= 0.3 is 6.03 Å². The fourth-order valence-electron chi connectivity index (χ4n) is 2.92. The van der Waals surface area contributed by atoms with E-state index >= 15 is 0 Å². The van der Waals surface area contributed by atoms with E-state index in [1.807, 2.05) is 12.1 Å². The van der Waals surface area contributed by atoms with Gasteiger partial charge in [0.2, 0.25) is 5.91 Å². The summed E-state index contributed by atoms with van der Waals surface area (Å²) in [5.74, 6) is 0.599. The molecule has 124 valence electrons. The summed E-state index contributed by atoms with van der Waals surface area (Å²) in [7, 11) is 1.62. The van der Waals surface area contributed by atoms with Gasteiger partial charge in [0, 0.05) is 30.7 Å². The van der Waals surface area contributed by atoms with Crippen molar-refractivity contribution in [2.45, 2.75) is 18.5 Å². The standard InChI is InChI=1S/C15H19ClN4O3/c1-23-13-3-2-9(16)6-12(13)20-5-4-10(8-20)18-14(21)11-7-17-15(22)19-11/h2-3,6,10-11H,4-5,7-8H2,1H3,(H,18,21)(H2,17,19,22)/t10-,11-/m0/s1. The molecule has 8 heteroatoms. The van der Waals surface area contributed by atoms with Crippen LogP contribution in [0.1, 0.15) is 6.42 Å². The molecule has 0 aromatic heterocycles. The first-order valence-electron chi connectivity index (χ1n) is 7.50. The second-order valence-corrected chi connectivity index (χ2v) is 6.10. The van der Waals surface area contributed by atoms with Gasteiger partial charge in [-0.15, -0.1) is 0 Å². The van der Waals surface area contributed by atoms with E-state index in [2.05, 4.69) is 20.9 Å². The summed E-state index contributed by atoms with van der Waals surface area (Å²) in [5.41, 5.74) is 0.924. The SMILES string of the molecule is COc1ccc(Cl)cc1N1CC[C@H](NC(=O)[C@@H]2CNC(=O)N2)C1. The second-order valence-electron chi connectivity index (χ2n) is 5.66. The molecule has 2 saturated heterocycles. The highest BCUT2D eigenvalue weighted by Crippen LogP contribution is 2.33. The number of halogens is 1. The number of ether oxygens (including phenoxy) is 1. The third-order valence-electron chi connectivity index (χ3n) is 4.10. The van der Waals surface area contributed by atoms with Crippen LogP contribution in [-0.4, -0.2) is 50.8 Å². The molecule has 0 unspecified atom stereocenters. The molecule has 3 N–H and O–H groups in total. The van der Waals surface area contributed by atoms with Crippen molar-refractivity contribution in [3.8, 4) is 5.75 Å². The average Bonchev–Trinajstić information content (AvgIpc) is 3.16. The van der Waals surface area contributed by atoms with E-state index in [4.69, 9.17) is 16.3 Å². The Balaban J connectivity index is 1.61. The van der Waals surface area contributed by atoms with Crippen molar-refractivity contribution in [2.24, 2.45) is 0 Å². The number of carbonyl (C=O) groups excluding carboxylic acids is 2. The number of nitrogens with zero attached hydrogens (tertiary/aromatic N) is 1. The molecule has 7 nitrogen and oxygen atoms in total. The molecule has 2 atom stereocenters. The number of amides is 3. The number of methoxy groups -OCH3 is 1. The highest BCUT2D eigenvalue weighted by atomic mass is 35.5. The van der Waals surface area contributed by atoms with Crippen molar-refractivity contribution in [1.29, 1.82) is 0 Å². The molecule has 2 heterocycles. The molecular formula is C15H19ClN4O3. The lowest BCUT2D eigenvalue weighted by molar-refractivity contribution is -0.123.